The second-order valence-electron chi connectivity index (χ2n) is 3.76. The predicted octanol–water partition coefficient (Wildman–Crippen LogP) is 2.81. The van der Waals surface area contributed by atoms with Crippen molar-refractivity contribution in [3.8, 4) is 0 Å². The van der Waals surface area contributed by atoms with Crippen LogP contribution in [-0.2, 0) is 10.0 Å². The molecule has 0 aromatic heterocycles. The molecule has 0 fully saturated rings. The molecule has 0 aliphatic rings. The highest BCUT2D eigenvalue weighted by Crippen LogP contribution is 2.14. The molecule has 0 bridgehead atoms. The van der Waals surface area contributed by atoms with Gasteiger partial charge in [0.15, 0.2) is 0 Å². The highest BCUT2D eigenvalue weighted by molar-refractivity contribution is 7.89. The summed E-state index contributed by atoms with van der Waals surface area (Å²) in [4.78, 5) is 0.250. The van der Waals surface area contributed by atoms with Gasteiger partial charge in [-0.15, -0.1) is 0 Å². The Labute approximate surface area is 102 Å². The molecule has 0 heterocycles. The maximum atomic E-state index is 11.9. The first kappa shape index (κ1) is 13.5. The van der Waals surface area contributed by atoms with Crippen LogP contribution in [0, 0.1) is 0 Å². The minimum atomic E-state index is -3.41. The third-order valence-corrected chi connectivity index (χ3v) is 4.06. The van der Waals surface area contributed by atoms with E-state index in [-0.39, 0.29) is 10.9 Å². The summed E-state index contributed by atoms with van der Waals surface area (Å²) in [6, 6.07) is 6.10. The van der Waals surface area contributed by atoms with Gasteiger partial charge in [0.25, 0.3) is 0 Å². The Balaban J connectivity index is 2.82. The van der Waals surface area contributed by atoms with Crippen LogP contribution in [0.3, 0.4) is 0 Å². The Kier molecular flexibility index (Phi) is 4.77. The highest BCUT2D eigenvalue weighted by atomic mass is 35.5. The minimum absolute atomic E-state index is 0.0503. The first-order valence-corrected chi connectivity index (χ1v) is 7.09. The van der Waals surface area contributed by atoms with E-state index in [4.69, 9.17) is 11.6 Å². The van der Waals surface area contributed by atoms with Crippen molar-refractivity contribution in [3.05, 3.63) is 29.3 Å². The van der Waals surface area contributed by atoms with Gasteiger partial charge in [-0.05, 0) is 37.6 Å². The summed E-state index contributed by atoms with van der Waals surface area (Å²) >= 11 is 5.70. The van der Waals surface area contributed by atoms with Gasteiger partial charge in [0.2, 0.25) is 10.0 Å². The quantitative estimate of drug-likeness (QED) is 0.886. The fourth-order valence-electron chi connectivity index (χ4n) is 1.44. The molecule has 1 aromatic carbocycles. The van der Waals surface area contributed by atoms with Crippen LogP contribution in [0.15, 0.2) is 29.2 Å². The van der Waals surface area contributed by atoms with E-state index in [1.54, 1.807) is 12.1 Å². The zero-order chi connectivity index (χ0) is 12.2. The van der Waals surface area contributed by atoms with Crippen molar-refractivity contribution in [1.82, 2.24) is 4.72 Å². The Bertz CT molecular complexity index is 428. The van der Waals surface area contributed by atoms with Crippen molar-refractivity contribution in [3.63, 3.8) is 0 Å². The molecule has 1 atom stereocenters. The van der Waals surface area contributed by atoms with Gasteiger partial charge in [-0.1, -0.05) is 24.9 Å². The number of halogens is 1. The Morgan fingerprint density at radius 1 is 1.31 bits per heavy atom. The van der Waals surface area contributed by atoms with Crippen molar-refractivity contribution in [2.75, 3.05) is 0 Å². The number of rotatable bonds is 5. The van der Waals surface area contributed by atoms with Crippen molar-refractivity contribution in [2.45, 2.75) is 37.6 Å². The van der Waals surface area contributed by atoms with Gasteiger partial charge in [-0.3, -0.25) is 0 Å². The topological polar surface area (TPSA) is 46.2 Å². The van der Waals surface area contributed by atoms with E-state index < -0.39 is 10.0 Å². The van der Waals surface area contributed by atoms with Gasteiger partial charge in [0.05, 0.1) is 4.90 Å². The van der Waals surface area contributed by atoms with E-state index in [0.29, 0.717) is 5.02 Å². The van der Waals surface area contributed by atoms with Crippen molar-refractivity contribution < 1.29 is 8.42 Å². The number of hydrogen-bond acceptors (Lipinski definition) is 2. The largest absolute Gasteiger partial charge is 0.240 e. The highest BCUT2D eigenvalue weighted by Gasteiger charge is 2.16. The minimum Gasteiger partial charge on any atom is -0.208 e. The summed E-state index contributed by atoms with van der Waals surface area (Å²) in [5.41, 5.74) is 0. The van der Waals surface area contributed by atoms with Gasteiger partial charge in [0, 0.05) is 11.1 Å². The number of hydrogen-bond donors (Lipinski definition) is 1. The summed E-state index contributed by atoms with van der Waals surface area (Å²) < 4.78 is 26.4. The molecule has 1 N–H and O–H groups in total. The molecule has 16 heavy (non-hydrogen) atoms. The van der Waals surface area contributed by atoms with Crippen LogP contribution in [0.1, 0.15) is 26.7 Å². The van der Waals surface area contributed by atoms with E-state index in [9.17, 15) is 8.42 Å². The van der Waals surface area contributed by atoms with Gasteiger partial charge in [-0.2, -0.15) is 0 Å². The Morgan fingerprint density at radius 3 is 2.38 bits per heavy atom. The van der Waals surface area contributed by atoms with Crippen molar-refractivity contribution >= 4 is 21.6 Å². The second kappa shape index (κ2) is 5.66. The van der Waals surface area contributed by atoms with E-state index in [1.165, 1.54) is 12.1 Å². The van der Waals surface area contributed by atoms with Crippen molar-refractivity contribution in [1.29, 1.82) is 0 Å². The second-order valence-corrected chi connectivity index (χ2v) is 5.92. The third-order valence-electron chi connectivity index (χ3n) is 2.20. The molecule has 0 aliphatic carbocycles. The molecule has 0 amide bonds. The molecular formula is C11H16ClNO2S. The molecule has 0 saturated carbocycles. The van der Waals surface area contributed by atoms with Gasteiger partial charge < -0.3 is 0 Å². The molecule has 1 aromatic rings. The lowest BCUT2D eigenvalue weighted by atomic mass is 10.2. The van der Waals surface area contributed by atoms with Gasteiger partial charge in [-0.25, -0.2) is 13.1 Å². The SMILES string of the molecule is CCC[C@@H](C)NS(=O)(=O)c1ccc(Cl)cc1. The molecule has 0 saturated heterocycles. The Hall–Kier alpha value is -0.580. The molecule has 1 rings (SSSR count). The van der Waals surface area contributed by atoms with Crippen LogP contribution in [0.5, 0.6) is 0 Å². The summed E-state index contributed by atoms with van der Waals surface area (Å²) in [7, 11) is -3.41. The van der Waals surface area contributed by atoms with Gasteiger partial charge >= 0.3 is 0 Å². The van der Waals surface area contributed by atoms with Crippen LogP contribution in [0.2, 0.25) is 5.02 Å². The van der Waals surface area contributed by atoms with Crippen LogP contribution in [0.4, 0.5) is 0 Å². The van der Waals surface area contributed by atoms with Gasteiger partial charge in [0.1, 0.15) is 0 Å². The van der Waals surface area contributed by atoms with E-state index in [1.807, 2.05) is 13.8 Å². The fourth-order valence-corrected chi connectivity index (χ4v) is 2.84. The van der Waals surface area contributed by atoms with Crippen LogP contribution in [0.25, 0.3) is 0 Å². The molecule has 90 valence electrons. The van der Waals surface area contributed by atoms with E-state index in [0.717, 1.165) is 12.8 Å². The maximum absolute atomic E-state index is 11.9. The lowest BCUT2D eigenvalue weighted by Gasteiger charge is -2.13. The molecule has 0 radical (unpaired) electrons. The van der Waals surface area contributed by atoms with Crippen LogP contribution < -0.4 is 4.72 Å². The van der Waals surface area contributed by atoms with Crippen LogP contribution in [-0.4, -0.2) is 14.5 Å². The lowest BCUT2D eigenvalue weighted by molar-refractivity contribution is 0.544. The summed E-state index contributed by atoms with van der Waals surface area (Å²) in [5, 5.41) is 0.528. The normalized spacial score (nSPS) is 13.7. The van der Waals surface area contributed by atoms with E-state index >= 15 is 0 Å². The maximum Gasteiger partial charge on any atom is 0.240 e. The average Bonchev–Trinajstić information content (AvgIpc) is 2.17. The lowest BCUT2D eigenvalue weighted by Crippen LogP contribution is -2.32. The standard InChI is InChI=1S/C11H16ClNO2S/c1-3-4-9(2)13-16(14,15)11-7-5-10(12)6-8-11/h5-9,13H,3-4H2,1-2H3/t9-/m1/s1. The molecule has 0 aliphatic heterocycles. The molecule has 5 heteroatoms. The predicted molar refractivity (Wildman–Crippen MR) is 66.1 cm³/mol. The molecule has 3 nitrogen and oxygen atoms in total. The summed E-state index contributed by atoms with van der Waals surface area (Å²) in [5.74, 6) is 0. The number of benzene rings is 1. The first-order valence-electron chi connectivity index (χ1n) is 5.23. The molecular weight excluding hydrogens is 246 g/mol. The fraction of sp³-hybridized carbons (Fsp3) is 0.455. The molecule has 0 unspecified atom stereocenters. The van der Waals surface area contributed by atoms with E-state index in [2.05, 4.69) is 4.72 Å². The average molecular weight is 262 g/mol. The zero-order valence-corrected chi connectivity index (χ0v) is 11.0. The molecule has 0 spiro atoms. The summed E-state index contributed by atoms with van der Waals surface area (Å²) in [6.45, 7) is 3.88. The zero-order valence-electron chi connectivity index (χ0n) is 9.40. The first-order chi connectivity index (χ1) is 7.45. The Morgan fingerprint density at radius 2 is 1.88 bits per heavy atom. The monoisotopic (exact) mass is 261 g/mol. The number of sulfonamides is 1. The van der Waals surface area contributed by atoms with Crippen LogP contribution >= 0.6 is 11.6 Å². The third kappa shape index (κ3) is 3.77. The summed E-state index contributed by atoms with van der Waals surface area (Å²) in [6.07, 6.45) is 1.77. The smallest absolute Gasteiger partial charge is 0.208 e. The number of nitrogens with one attached hydrogen (secondary N) is 1. The van der Waals surface area contributed by atoms with Crippen molar-refractivity contribution in [2.24, 2.45) is 0 Å².